The Bertz CT molecular complexity index is 930. The minimum atomic E-state index is -0.0194. The smallest absolute Gasteiger partial charge is 0.263 e. The van der Waals surface area contributed by atoms with Crippen molar-refractivity contribution in [3.8, 4) is 0 Å². The maximum atomic E-state index is 12.8. The monoisotopic (exact) mass is 440 g/mol. The number of piperazine rings is 1. The molecule has 2 amide bonds. The van der Waals surface area contributed by atoms with E-state index in [1.165, 1.54) is 10.6 Å². The van der Waals surface area contributed by atoms with E-state index in [0.29, 0.717) is 6.54 Å². The van der Waals surface area contributed by atoms with Gasteiger partial charge in [-0.3, -0.25) is 9.59 Å². The summed E-state index contributed by atoms with van der Waals surface area (Å²) < 4.78 is 0. The second-order valence-corrected chi connectivity index (χ2v) is 10.0. The molecule has 6 nitrogen and oxygen atoms in total. The number of fused-ring (bicyclic) bond motifs is 1. The first kappa shape index (κ1) is 21.8. The molecule has 2 aliphatic rings. The first-order valence-electron chi connectivity index (χ1n) is 11.0. The number of carbonyl (C=O) groups is 2. The van der Waals surface area contributed by atoms with Crippen molar-refractivity contribution in [3.05, 3.63) is 51.2 Å². The Morgan fingerprint density at radius 1 is 1.13 bits per heavy atom. The molecule has 31 heavy (non-hydrogen) atoms. The van der Waals surface area contributed by atoms with Crippen LogP contribution in [0.15, 0.2) is 30.3 Å². The van der Waals surface area contributed by atoms with E-state index in [-0.39, 0.29) is 17.7 Å². The second kappa shape index (κ2) is 9.40. The highest BCUT2D eigenvalue weighted by Gasteiger charge is 2.27. The number of hydrogen-bond donors (Lipinski definition) is 1. The van der Waals surface area contributed by atoms with E-state index in [4.69, 9.17) is 0 Å². The van der Waals surface area contributed by atoms with Gasteiger partial charge in [-0.25, -0.2) is 0 Å². The Labute approximate surface area is 188 Å². The van der Waals surface area contributed by atoms with Gasteiger partial charge in [-0.15, -0.1) is 11.3 Å². The van der Waals surface area contributed by atoms with Crippen molar-refractivity contribution in [2.45, 2.75) is 25.8 Å². The highest BCUT2D eigenvalue weighted by atomic mass is 32.1. The molecule has 0 unspecified atom stereocenters. The molecule has 1 N–H and O–H groups in total. The zero-order valence-electron chi connectivity index (χ0n) is 18.7. The number of carbonyl (C=O) groups excluding carboxylic acids is 2. The fourth-order valence-corrected chi connectivity index (χ4v) is 5.53. The summed E-state index contributed by atoms with van der Waals surface area (Å²) in [7, 11) is 5.71. The molecule has 1 aromatic heterocycles. The average Bonchev–Trinajstić information content (AvgIpc) is 3.21. The number of hydrogen-bond acceptors (Lipinski definition) is 5. The molecule has 0 radical (unpaired) electrons. The standard InChI is InChI=1S/C24H32N4O2S/c1-26(2)24(30)22-15-19-14-18(6-9-21(19)31-22)23(29)25-16-17-4-7-20(8-5-17)28-12-10-27(3)11-13-28/h4-5,7-8,15,18H,6,9-14,16H2,1-3H3,(H,25,29)/t18-/m1/s1. The van der Waals surface area contributed by atoms with E-state index in [1.807, 2.05) is 6.07 Å². The second-order valence-electron chi connectivity index (χ2n) is 8.87. The van der Waals surface area contributed by atoms with Crippen molar-refractivity contribution in [2.24, 2.45) is 5.92 Å². The van der Waals surface area contributed by atoms with Crippen LogP contribution in [0, 0.1) is 5.92 Å². The third-order valence-corrected chi connectivity index (χ3v) is 7.57. The number of anilines is 1. The minimum absolute atomic E-state index is 0.0194. The van der Waals surface area contributed by atoms with Gasteiger partial charge in [0.1, 0.15) is 0 Å². The Morgan fingerprint density at radius 2 is 1.84 bits per heavy atom. The number of aryl methyl sites for hydroxylation is 1. The summed E-state index contributed by atoms with van der Waals surface area (Å²) in [5.41, 5.74) is 3.54. The van der Waals surface area contributed by atoms with Crippen LogP contribution in [0.5, 0.6) is 0 Å². The van der Waals surface area contributed by atoms with Crippen LogP contribution in [0.2, 0.25) is 0 Å². The number of rotatable bonds is 5. The van der Waals surface area contributed by atoms with Gasteiger partial charge in [0.2, 0.25) is 5.91 Å². The van der Waals surface area contributed by atoms with Crippen molar-refractivity contribution in [3.63, 3.8) is 0 Å². The first-order chi connectivity index (χ1) is 14.9. The molecule has 166 valence electrons. The summed E-state index contributed by atoms with van der Waals surface area (Å²) >= 11 is 1.58. The maximum absolute atomic E-state index is 12.8. The normalized spacial score (nSPS) is 19.1. The molecule has 4 rings (SSSR count). The largest absolute Gasteiger partial charge is 0.369 e. The molecule has 7 heteroatoms. The van der Waals surface area contributed by atoms with E-state index < -0.39 is 0 Å². The average molecular weight is 441 g/mol. The Hall–Kier alpha value is -2.38. The maximum Gasteiger partial charge on any atom is 0.263 e. The zero-order valence-corrected chi connectivity index (χ0v) is 19.5. The van der Waals surface area contributed by atoms with Gasteiger partial charge in [-0.1, -0.05) is 12.1 Å². The molecular formula is C24H32N4O2S. The molecular weight excluding hydrogens is 408 g/mol. The summed E-state index contributed by atoms with van der Waals surface area (Å²) in [4.78, 5) is 33.4. The lowest BCUT2D eigenvalue weighted by Crippen LogP contribution is -2.44. The van der Waals surface area contributed by atoms with E-state index in [0.717, 1.165) is 61.4 Å². The van der Waals surface area contributed by atoms with Crippen molar-refractivity contribution in [1.82, 2.24) is 15.1 Å². The summed E-state index contributed by atoms with van der Waals surface area (Å²) in [6.45, 7) is 4.85. The van der Waals surface area contributed by atoms with E-state index in [1.54, 1.807) is 30.3 Å². The predicted molar refractivity (Wildman–Crippen MR) is 126 cm³/mol. The minimum Gasteiger partial charge on any atom is -0.369 e. The van der Waals surface area contributed by atoms with Crippen LogP contribution in [0.25, 0.3) is 0 Å². The molecule has 1 fully saturated rings. The quantitative estimate of drug-likeness (QED) is 0.777. The summed E-state index contributed by atoms with van der Waals surface area (Å²) in [6.07, 6.45) is 2.44. The van der Waals surface area contributed by atoms with Gasteiger partial charge in [0, 0.05) is 63.3 Å². The van der Waals surface area contributed by atoms with E-state index >= 15 is 0 Å². The predicted octanol–water partition coefficient (Wildman–Crippen LogP) is 2.62. The molecule has 1 aliphatic carbocycles. The number of likely N-dealkylation sites (N-methyl/N-ethyl adjacent to an activating group) is 1. The lowest BCUT2D eigenvalue weighted by Gasteiger charge is -2.34. The number of benzene rings is 1. The summed E-state index contributed by atoms with van der Waals surface area (Å²) in [6, 6.07) is 10.5. The van der Waals surface area contributed by atoms with E-state index in [9.17, 15) is 9.59 Å². The van der Waals surface area contributed by atoms with Gasteiger partial charge in [0.05, 0.1) is 4.88 Å². The van der Waals surface area contributed by atoms with Gasteiger partial charge in [-0.2, -0.15) is 0 Å². The number of nitrogens with zero attached hydrogens (tertiary/aromatic N) is 3. The molecule has 0 saturated carbocycles. The highest BCUT2D eigenvalue weighted by molar-refractivity contribution is 7.14. The molecule has 0 bridgehead atoms. The van der Waals surface area contributed by atoms with Crippen molar-refractivity contribution >= 4 is 28.8 Å². The van der Waals surface area contributed by atoms with Crippen LogP contribution in [-0.2, 0) is 24.2 Å². The van der Waals surface area contributed by atoms with Gasteiger partial charge < -0.3 is 20.0 Å². The van der Waals surface area contributed by atoms with Gasteiger partial charge in [0.25, 0.3) is 5.91 Å². The molecule has 1 aromatic carbocycles. The van der Waals surface area contributed by atoms with Crippen molar-refractivity contribution < 1.29 is 9.59 Å². The van der Waals surface area contributed by atoms with Crippen molar-refractivity contribution in [1.29, 1.82) is 0 Å². The molecule has 1 saturated heterocycles. The van der Waals surface area contributed by atoms with Crippen LogP contribution in [0.3, 0.4) is 0 Å². The third kappa shape index (κ3) is 5.10. The van der Waals surface area contributed by atoms with Crippen LogP contribution in [0.4, 0.5) is 5.69 Å². The Kier molecular flexibility index (Phi) is 6.62. The highest BCUT2D eigenvalue weighted by Crippen LogP contribution is 2.33. The molecule has 1 aliphatic heterocycles. The summed E-state index contributed by atoms with van der Waals surface area (Å²) in [5.74, 6) is 0.134. The number of amides is 2. The van der Waals surface area contributed by atoms with Crippen LogP contribution in [0.1, 0.15) is 32.1 Å². The summed E-state index contributed by atoms with van der Waals surface area (Å²) in [5, 5.41) is 3.12. The van der Waals surface area contributed by atoms with Gasteiger partial charge in [-0.05, 0) is 55.6 Å². The lowest BCUT2D eigenvalue weighted by atomic mass is 9.87. The van der Waals surface area contributed by atoms with Gasteiger partial charge in [0.15, 0.2) is 0 Å². The van der Waals surface area contributed by atoms with Crippen LogP contribution in [-0.4, -0.2) is 68.9 Å². The third-order valence-electron chi connectivity index (χ3n) is 6.34. The molecule has 2 aromatic rings. The fourth-order valence-electron chi connectivity index (χ4n) is 4.30. The number of nitrogens with one attached hydrogen (secondary N) is 1. The van der Waals surface area contributed by atoms with Crippen LogP contribution < -0.4 is 10.2 Å². The molecule has 0 spiro atoms. The van der Waals surface area contributed by atoms with Crippen LogP contribution >= 0.6 is 11.3 Å². The Balaban J connectivity index is 1.30. The topological polar surface area (TPSA) is 55.9 Å². The fraction of sp³-hybridized carbons (Fsp3) is 0.500. The molecule has 2 heterocycles. The lowest BCUT2D eigenvalue weighted by molar-refractivity contribution is -0.125. The Morgan fingerprint density at radius 3 is 2.52 bits per heavy atom. The number of thiophene rings is 1. The van der Waals surface area contributed by atoms with Gasteiger partial charge >= 0.3 is 0 Å². The SMILES string of the molecule is CN1CCN(c2ccc(CNC(=O)[C@@H]3CCc4sc(C(=O)N(C)C)cc4C3)cc2)CC1. The first-order valence-corrected chi connectivity index (χ1v) is 11.9. The van der Waals surface area contributed by atoms with E-state index in [2.05, 4.69) is 46.4 Å². The molecule has 1 atom stereocenters. The van der Waals surface area contributed by atoms with Crippen molar-refractivity contribution in [2.75, 3.05) is 52.2 Å². The zero-order chi connectivity index (χ0) is 22.0.